The van der Waals surface area contributed by atoms with Crippen LogP contribution < -0.4 is 0 Å². The van der Waals surface area contributed by atoms with Crippen molar-refractivity contribution >= 4 is 11.8 Å². The minimum absolute atomic E-state index is 0.485. The van der Waals surface area contributed by atoms with Crippen molar-refractivity contribution in [3.63, 3.8) is 0 Å². The molecular weight excluding hydrogens is 206 g/mol. The summed E-state index contributed by atoms with van der Waals surface area (Å²) in [5.74, 6) is 0. The first kappa shape index (κ1) is 11.8. The number of aliphatic hydroxyl groups is 1. The Morgan fingerprint density at radius 1 is 1.47 bits per heavy atom. The summed E-state index contributed by atoms with van der Waals surface area (Å²) in [4.78, 5) is 0. The fourth-order valence-corrected chi connectivity index (χ4v) is 1.50. The lowest BCUT2D eigenvalue weighted by Crippen LogP contribution is -1.95. The third-order valence-electron chi connectivity index (χ3n) is 2.02. The van der Waals surface area contributed by atoms with Gasteiger partial charge in [-0.3, -0.25) is 0 Å². The predicted octanol–water partition coefficient (Wildman–Crippen LogP) is 2.86. The summed E-state index contributed by atoms with van der Waals surface area (Å²) < 4.78 is 0. The van der Waals surface area contributed by atoms with Crippen molar-refractivity contribution < 1.29 is 5.11 Å². The summed E-state index contributed by atoms with van der Waals surface area (Å²) in [7, 11) is 0. The maximum atomic E-state index is 9.77. The van der Waals surface area contributed by atoms with Gasteiger partial charge in [-0.25, -0.2) is 0 Å². The Hall–Kier alpha value is -1.24. The van der Waals surface area contributed by atoms with Gasteiger partial charge in [0.1, 0.15) is 0 Å². The van der Waals surface area contributed by atoms with E-state index < -0.39 is 6.10 Å². The molecule has 1 aromatic carbocycles. The Bertz CT molecular complexity index is 364. The molecule has 2 nitrogen and oxygen atoms in total. The fraction of sp³-hybridized carbons (Fsp3) is 0.250. The van der Waals surface area contributed by atoms with E-state index in [2.05, 4.69) is 0 Å². The highest BCUT2D eigenvalue weighted by molar-refractivity contribution is 8.01. The van der Waals surface area contributed by atoms with Gasteiger partial charge in [-0.2, -0.15) is 5.26 Å². The number of benzene rings is 1. The minimum atomic E-state index is -0.485. The van der Waals surface area contributed by atoms with E-state index in [4.69, 9.17) is 5.26 Å². The summed E-state index contributed by atoms with van der Waals surface area (Å²) in [6.45, 7) is 0. The van der Waals surface area contributed by atoms with Crippen molar-refractivity contribution in [3.05, 3.63) is 46.9 Å². The second-order valence-electron chi connectivity index (χ2n) is 3.09. The minimum Gasteiger partial charge on any atom is -0.388 e. The van der Waals surface area contributed by atoms with Crippen LogP contribution in [-0.4, -0.2) is 11.4 Å². The van der Waals surface area contributed by atoms with Gasteiger partial charge in [0.05, 0.1) is 17.7 Å². The van der Waals surface area contributed by atoms with Crippen molar-refractivity contribution in [2.45, 2.75) is 12.5 Å². The van der Waals surface area contributed by atoms with Crippen LogP contribution in [0.2, 0.25) is 0 Å². The molecule has 15 heavy (non-hydrogen) atoms. The molecule has 1 rings (SSSR count). The molecule has 1 aromatic rings. The van der Waals surface area contributed by atoms with Gasteiger partial charge in [0, 0.05) is 0 Å². The van der Waals surface area contributed by atoms with Gasteiger partial charge in [0.25, 0.3) is 0 Å². The molecular formula is C12H13NOS. The van der Waals surface area contributed by atoms with E-state index in [1.165, 1.54) is 0 Å². The van der Waals surface area contributed by atoms with Crippen LogP contribution in [0.1, 0.15) is 23.7 Å². The third-order valence-corrected chi connectivity index (χ3v) is 2.48. The van der Waals surface area contributed by atoms with Crippen molar-refractivity contribution in [2.75, 3.05) is 6.26 Å². The normalized spacial score (nSPS) is 12.6. The van der Waals surface area contributed by atoms with Crippen molar-refractivity contribution in [1.29, 1.82) is 5.26 Å². The summed E-state index contributed by atoms with van der Waals surface area (Å²) in [5, 5.41) is 20.3. The largest absolute Gasteiger partial charge is 0.388 e. The first-order chi connectivity index (χ1) is 7.27. The van der Waals surface area contributed by atoms with Gasteiger partial charge in [0.15, 0.2) is 0 Å². The molecule has 0 fully saturated rings. The Morgan fingerprint density at radius 2 is 2.13 bits per heavy atom. The monoisotopic (exact) mass is 219 g/mol. The quantitative estimate of drug-likeness (QED) is 0.846. The maximum absolute atomic E-state index is 9.77. The van der Waals surface area contributed by atoms with Gasteiger partial charge in [-0.15, -0.1) is 11.8 Å². The summed E-state index contributed by atoms with van der Waals surface area (Å²) in [5.41, 5.74) is 1.46. The van der Waals surface area contributed by atoms with Crippen molar-refractivity contribution in [1.82, 2.24) is 0 Å². The smallest absolute Gasteiger partial charge is 0.0991 e. The standard InChI is InChI=1S/C12H13NOS/c1-15-8-2-3-12(14)11-6-4-10(9-13)5-7-11/h2,4-8,12,14H,3H2,1H3/b8-2+/t12-/m0/s1. The predicted molar refractivity (Wildman–Crippen MR) is 63.4 cm³/mol. The average molecular weight is 219 g/mol. The van der Waals surface area contributed by atoms with E-state index in [-0.39, 0.29) is 0 Å². The van der Waals surface area contributed by atoms with E-state index in [0.29, 0.717) is 12.0 Å². The molecule has 0 heterocycles. The highest BCUT2D eigenvalue weighted by atomic mass is 32.2. The summed E-state index contributed by atoms with van der Waals surface area (Å²) >= 11 is 1.61. The lowest BCUT2D eigenvalue weighted by molar-refractivity contribution is 0.181. The number of aliphatic hydroxyl groups excluding tert-OH is 1. The Morgan fingerprint density at radius 3 is 2.67 bits per heavy atom. The number of hydrogen-bond donors (Lipinski definition) is 1. The van der Waals surface area contributed by atoms with E-state index in [1.54, 1.807) is 36.0 Å². The highest BCUT2D eigenvalue weighted by Crippen LogP contribution is 2.17. The molecule has 0 bridgehead atoms. The molecule has 0 radical (unpaired) electrons. The molecule has 3 heteroatoms. The molecule has 0 aliphatic carbocycles. The van der Waals surface area contributed by atoms with Crippen LogP contribution in [0.5, 0.6) is 0 Å². The summed E-state index contributed by atoms with van der Waals surface area (Å²) in [6, 6.07) is 9.06. The Balaban J connectivity index is 2.62. The second-order valence-corrected chi connectivity index (χ2v) is 3.84. The van der Waals surface area contributed by atoms with Gasteiger partial charge in [0.2, 0.25) is 0 Å². The van der Waals surface area contributed by atoms with E-state index in [0.717, 1.165) is 5.56 Å². The molecule has 0 aliphatic heterocycles. The van der Waals surface area contributed by atoms with E-state index in [9.17, 15) is 5.11 Å². The van der Waals surface area contributed by atoms with E-state index in [1.807, 2.05) is 23.8 Å². The Kier molecular flexibility index (Phi) is 4.96. The Labute approximate surface area is 94.2 Å². The molecule has 0 saturated heterocycles. The molecule has 0 aliphatic rings. The molecule has 0 amide bonds. The van der Waals surface area contributed by atoms with Gasteiger partial charge in [-0.05, 0) is 35.8 Å². The summed E-state index contributed by atoms with van der Waals surface area (Å²) in [6.07, 6.45) is 4.03. The number of hydrogen-bond acceptors (Lipinski definition) is 3. The highest BCUT2D eigenvalue weighted by Gasteiger charge is 2.04. The average Bonchev–Trinajstić information content (AvgIpc) is 2.29. The zero-order valence-corrected chi connectivity index (χ0v) is 9.37. The molecule has 78 valence electrons. The van der Waals surface area contributed by atoms with Gasteiger partial charge in [-0.1, -0.05) is 18.2 Å². The van der Waals surface area contributed by atoms with Crippen LogP contribution in [0.25, 0.3) is 0 Å². The van der Waals surface area contributed by atoms with Crippen molar-refractivity contribution in [3.8, 4) is 6.07 Å². The van der Waals surface area contributed by atoms with Crippen LogP contribution >= 0.6 is 11.8 Å². The topological polar surface area (TPSA) is 44.0 Å². The lowest BCUT2D eigenvalue weighted by Gasteiger charge is -2.07. The van der Waals surface area contributed by atoms with Gasteiger partial charge < -0.3 is 5.11 Å². The number of rotatable bonds is 4. The number of nitriles is 1. The third kappa shape index (κ3) is 3.78. The fourth-order valence-electron chi connectivity index (χ4n) is 1.20. The lowest BCUT2D eigenvalue weighted by atomic mass is 10.1. The van der Waals surface area contributed by atoms with Crippen LogP contribution in [-0.2, 0) is 0 Å². The molecule has 0 spiro atoms. The maximum Gasteiger partial charge on any atom is 0.0991 e. The van der Waals surface area contributed by atoms with Crippen LogP contribution in [0.15, 0.2) is 35.7 Å². The van der Waals surface area contributed by atoms with E-state index >= 15 is 0 Å². The van der Waals surface area contributed by atoms with Crippen LogP contribution in [0.3, 0.4) is 0 Å². The SMILES string of the molecule is CS/C=C/C[C@H](O)c1ccc(C#N)cc1. The molecule has 0 saturated carbocycles. The number of thioether (sulfide) groups is 1. The van der Waals surface area contributed by atoms with Crippen LogP contribution in [0, 0.1) is 11.3 Å². The van der Waals surface area contributed by atoms with Crippen LogP contribution in [0.4, 0.5) is 0 Å². The zero-order chi connectivity index (χ0) is 11.1. The molecule has 0 aromatic heterocycles. The molecule has 0 unspecified atom stereocenters. The zero-order valence-electron chi connectivity index (χ0n) is 8.55. The second kappa shape index (κ2) is 6.28. The number of nitrogens with zero attached hydrogens (tertiary/aromatic N) is 1. The first-order valence-electron chi connectivity index (χ1n) is 4.64. The first-order valence-corrected chi connectivity index (χ1v) is 5.92. The van der Waals surface area contributed by atoms with Crippen molar-refractivity contribution in [2.24, 2.45) is 0 Å². The van der Waals surface area contributed by atoms with Gasteiger partial charge >= 0.3 is 0 Å². The molecule has 1 N–H and O–H groups in total. The molecule has 1 atom stereocenters.